The van der Waals surface area contributed by atoms with E-state index >= 15 is 8.78 Å². The van der Waals surface area contributed by atoms with Crippen LogP contribution < -0.4 is 23.8 Å². The highest BCUT2D eigenvalue weighted by atomic mass is 19.2. The number of hydrogen-bond donors (Lipinski definition) is 0. The Labute approximate surface area is 334 Å². The van der Waals surface area contributed by atoms with Crippen LogP contribution in [0.1, 0.15) is 47.2 Å². The van der Waals surface area contributed by atoms with E-state index in [0.717, 1.165) is 62.3 Å². The quantitative estimate of drug-likeness (QED) is 0.0912. The Bertz CT molecular complexity index is 2590. The fourth-order valence-corrected chi connectivity index (χ4v) is 9.03. The van der Waals surface area contributed by atoms with Crippen LogP contribution in [0.5, 0.6) is 23.0 Å². The molecule has 1 fully saturated rings. The lowest BCUT2D eigenvalue weighted by Gasteiger charge is -2.39. The van der Waals surface area contributed by atoms with Crippen molar-refractivity contribution in [1.82, 2.24) is 0 Å². The van der Waals surface area contributed by atoms with Crippen LogP contribution in [0.3, 0.4) is 0 Å². The van der Waals surface area contributed by atoms with Gasteiger partial charge in [-0.25, -0.2) is 17.6 Å². The van der Waals surface area contributed by atoms with Gasteiger partial charge in [0.2, 0.25) is 0 Å². The number of methoxy groups -OCH3 is 3. The maximum absolute atomic E-state index is 15.6. The van der Waals surface area contributed by atoms with Gasteiger partial charge in [0.25, 0.3) is 0 Å². The predicted octanol–water partition coefficient (Wildman–Crippen LogP) is 10.9. The first kappa shape index (κ1) is 37.6. The molecule has 3 aliphatic rings. The number of hydrogen-bond acceptors (Lipinski definition) is 6. The van der Waals surface area contributed by atoms with Gasteiger partial charge in [-0.15, -0.1) is 0 Å². The van der Waals surface area contributed by atoms with Crippen molar-refractivity contribution in [2.24, 2.45) is 0 Å². The van der Waals surface area contributed by atoms with Crippen LogP contribution in [-0.2, 0) is 15.8 Å². The molecule has 1 aliphatic carbocycles. The predicted molar refractivity (Wildman–Crippen MR) is 218 cm³/mol. The van der Waals surface area contributed by atoms with E-state index in [0.29, 0.717) is 49.3 Å². The lowest BCUT2D eigenvalue weighted by Crippen LogP contribution is -2.36. The molecular formula is C48H41F4NO5. The summed E-state index contributed by atoms with van der Waals surface area (Å²) >= 11 is 0. The summed E-state index contributed by atoms with van der Waals surface area (Å²) in [5, 5.41) is 1.70. The number of ether oxygens (including phenoxy) is 5. The van der Waals surface area contributed by atoms with Crippen LogP contribution >= 0.6 is 0 Å². The Morgan fingerprint density at radius 2 is 1.31 bits per heavy atom. The molecule has 10 heteroatoms. The van der Waals surface area contributed by atoms with E-state index < -0.39 is 45.4 Å². The molecule has 0 N–H and O–H groups in total. The molecule has 2 aliphatic heterocycles. The van der Waals surface area contributed by atoms with Crippen molar-refractivity contribution in [1.29, 1.82) is 0 Å². The highest BCUT2D eigenvalue weighted by molar-refractivity contribution is 6.10. The number of fused-ring (bicyclic) bond motifs is 8. The van der Waals surface area contributed by atoms with Gasteiger partial charge < -0.3 is 28.6 Å². The van der Waals surface area contributed by atoms with Crippen LogP contribution in [0.4, 0.5) is 23.2 Å². The van der Waals surface area contributed by atoms with Gasteiger partial charge in [-0.05, 0) is 88.7 Å². The fraction of sp³-hybridized carbons (Fsp3) is 0.250. The fourth-order valence-electron chi connectivity index (χ4n) is 9.03. The van der Waals surface area contributed by atoms with Gasteiger partial charge in [0.05, 0.1) is 45.8 Å². The minimum Gasteiger partial charge on any atom is -0.497 e. The molecule has 0 aromatic heterocycles. The zero-order chi connectivity index (χ0) is 40.7. The minimum atomic E-state index is -1.71. The Balaban J connectivity index is 1.33. The molecule has 0 atom stereocenters. The van der Waals surface area contributed by atoms with Crippen LogP contribution in [0.15, 0.2) is 84.9 Å². The number of rotatable bonds is 7. The van der Waals surface area contributed by atoms with Gasteiger partial charge in [-0.1, -0.05) is 56.3 Å². The van der Waals surface area contributed by atoms with Crippen LogP contribution in [-0.4, -0.2) is 47.6 Å². The summed E-state index contributed by atoms with van der Waals surface area (Å²) < 4.78 is 90.6. The van der Waals surface area contributed by atoms with E-state index in [1.54, 1.807) is 33.5 Å². The molecule has 296 valence electrons. The molecule has 0 amide bonds. The van der Waals surface area contributed by atoms with Crippen LogP contribution in [0, 0.1) is 30.2 Å². The molecule has 2 heterocycles. The summed E-state index contributed by atoms with van der Waals surface area (Å²) in [6.45, 7) is 7.70. The van der Waals surface area contributed by atoms with Crippen molar-refractivity contribution in [3.63, 3.8) is 0 Å². The number of anilines is 1. The van der Waals surface area contributed by atoms with Gasteiger partial charge in [0.1, 0.15) is 28.8 Å². The van der Waals surface area contributed by atoms with E-state index in [9.17, 15) is 8.78 Å². The van der Waals surface area contributed by atoms with Crippen molar-refractivity contribution in [2.45, 2.75) is 31.8 Å². The minimum absolute atomic E-state index is 0.107. The van der Waals surface area contributed by atoms with E-state index in [-0.39, 0.29) is 5.56 Å². The van der Waals surface area contributed by atoms with Gasteiger partial charge in [0.15, 0.2) is 23.1 Å². The van der Waals surface area contributed by atoms with Gasteiger partial charge in [-0.2, -0.15) is 0 Å². The number of morpholine rings is 1. The molecule has 0 saturated carbocycles. The summed E-state index contributed by atoms with van der Waals surface area (Å²) in [6, 6.07) is 24.9. The molecule has 9 rings (SSSR count). The normalized spacial score (nSPS) is 16.1. The van der Waals surface area contributed by atoms with Crippen LogP contribution in [0.2, 0.25) is 0 Å². The molecule has 6 aromatic carbocycles. The maximum Gasteiger partial charge on any atom is 0.195 e. The molecule has 0 unspecified atom stereocenters. The SMILES string of the molecule is COc1ccc(C2(c3ccc(OC)cc3)C=Cc3c4c(c5cc(N6CCOCC6)c(OC)cc5c3O2)-c2ccc(-c3c(F)c(C)c(F)c(F)c3F)cc2C4(C)C)cc1. The molecule has 0 spiro atoms. The highest BCUT2D eigenvalue weighted by Crippen LogP contribution is 2.60. The topological polar surface area (TPSA) is 49.4 Å². The molecule has 1 saturated heterocycles. The molecule has 58 heavy (non-hydrogen) atoms. The second kappa shape index (κ2) is 13.8. The first-order chi connectivity index (χ1) is 27.9. The number of nitrogens with zero attached hydrogens (tertiary/aromatic N) is 1. The zero-order valence-corrected chi connectivity index (χ0v) is 33.0. The summed E-state index contributed by atoms with van der Waals surface area (Å²) in [4.78, 5) is 2.24. The molecular weight excluding hydrogens is 747 g/mol. The lowest BCUT2D eigenvalue weighted by atomic mass is 9.76. The van der Waals surface area contributed by atoms with Crippen molar-refractivity contribution in [3.8, 4) is 45.3 Å². The summed E-state index contributed by atoms with van der Waals surface area (Å²) in [5.41, 5.74) is 4.05. The van der Waals surface area contributed by atoms with E-state index in [1.165, 1.54) is 0 Å². The Kier molecular flexibility index (Phi) is 8.96. The first-order valence-electron chi connectivity index (χ1n) is 19.1. The van der Waals surface area contributed by atoms with E-state index in [1.807, 2.05) is 60.7 Å². The molecule has 0 bridgehead atoms. The average molecular weight is 788 g/mol. The zero-order valence-electron chi connectivity index (χ0n) is 33.0. The van der Waals surface area contributed by atoms with Crippen molar-refractivity contribution in [3.05, 3.63) is 142 Å². The smallest absolute Gasteiger partial charge is 0.195 e. The number of benzene rings is 6. The van der Waals surface area contributed by atoms with Crippen LogP contribution in [0.25, 0.3) is 39.1 Å². The van der Waals surface area contributed by atoms with E-state index in [2.05, 4.69) is 37.0 Å². The third-order valence-corrected chi connectivity index (χ3v) is 12.1. The second-order valence-electron chi connectivity index (χ2n) is 15.4. The first-order valence-corrected chi connectivity index (χ1v) is 19.1. The Morgan fingerprint density at radius 1 is 0.672 bits per heavy atom. The summed E-state index contributed by atoms with van der Waals surface area (Å²) in [7, 11) is 4.91. The van der Waals surface area contributed by atoms with Crippen molar-refractivity contribution < 1.29 is 41.2 Å². The average Bonchev–Trinajstić information content (AvgIpc) is 3.50. The standard InChI is InChI=1S/C48H41F4NO5/c1-26-42(49)39(44(51)45(52)43(26)50)27-7-16-32-36(23-27)47(2,3)41-33-17-18-48(28-8-12-30(54-4)13-9-28,29-10-14-31(55-5)15-11-29)58-46(33)35-25-38(56-6)37(24-34(35)40(32)41)53-19-21-57-22-20-53/h7-18,23-25H,19-22H2,1-6H3. The largest absolute Gasteiger partial charge is 0.497 e. The third-order valence-electron chi connectivity index (χ3n) is 12.1. The van der Waals surface area contributed by atoms with Gasteiger partial charge in [0, 0.05) is 46.1 Å². The number of halogens is 4. The van der Waals surface area contributed by atoms with Crippen molar-refractivity contribution >= 4 is 22.5 Å². The molecule has 6 nitrogen and oxygen atoms in total. The Hall–Kier alpha value is -6.00. The third kappa shape index (κ3) is 5.48. The second-order valence-corrected chi connectivity index (χ2v) is 15.4. The Morgan fingerprint density at radius 3 is 1.91 bits per heavy atom. The molecule has 6 aromatic rings. The van der Waals surface area contributed by atoms with E-state index in [4.69, 9.17) is 23.7 Å². The highest BCUT2D eigenvalue weighted by Gasteiger charge is 2.45. The van der Waals surface area contributed by atoms with Gasteiger partial charge in [-0.3, -0.25) is 0 Å². The maximum atomic E-state index is 15.6. The summed E-state index contributed by atoms with van der Waals surface area (Å²) in [6.07, 6.45) is 4.16. The monoisotopic (exact) mass is 787 g/mol. The lowest BCUT2D eigenvalue weighted by molar-refractivity contribution is 0.122. The summed E-state index contributed by atoms with van der Waals surface area (Å²) in [5.74, 6) is -3.25. The molecule has 0 radical (unpaired) electrons. The van der Waals surface area contributed by atoms with Gasteiger partial charge >= 0.3 is 0 Å². The van der Waals surface area contributed by atoms with Crippen molar-refractivity contribution in [2.75, 3.05) is 52.5 Å².